The first-order valence-corrected chi connectivity index (χ1v) is 4.90. The van der Waals surface area contributed by atoms with Crippen LogP contribution in [0.4, 0.5) is 5.69 Å². The molecule has 1 aromatic heterocycles. The Kier molecular flexibility index (Phi) is 4.05. The molecule has 0 radical (unpaired) electrons. The second-order valence-corrected chi connectivity index (χ2v) is 3.35. The van der Waals surface area contributed by atoms with E-state index in [2.05, 4.69) is 15.7 Å². The highest BCUT2D eigenvalue weighted by Crippen LogP contribution is 2.11. The summed E-state index contributed by atoms with van der Waals surface area (Å²) in [5.74, 6) is 5.14. The monoisotopic (exact) mass is 208 g/mol. The number of hydrazine groups is 1. The van der Waals surface area contributed by atoms with Crippen LogP contribution in [-0.4, -0.2) is 16.9 Å². The van der Waals surface area contributed by atoms with E-state index in [1.54, 1.807) is 12.3 Å². The number of rotatable bonds is 4. The fraction of sp³-hybridized carbons (Fsp3) is 0.400. The predicted molar refractivity (Wildman–Crippen MR) is 59.3 cm³/mol. The first-order chi connectivity index (χ1) is 7.19. The second kappa shape index (κ2) is 5.31. The maximum atomic E-state index is 11.8. The molecule has 5 heteroatoms. The molecule has 82 valence electrons. The summed E-state index contributed by atoms with van der Waals surface area (Å²) in [6.07, 6.45) is 3.97. The average Bonchev–Trinajstić information content (AvgIpc) is 2.28. The van der Waals surface area contributed by atoms with Gasteiger partial charge < -0.3 is 10.7 Å². The third-order valence-electron chi connectivity index (χ3n) is 2.21. The molecule has 5 nitrogen and oxygen atoms in total. The summed E-state index contributed by atoms with van der Waals surface area (Å²) in [5.41, 5.74) is 3.48. The molecule has 0 fully saturated rings. The molecule has 0 bridgehead atoms. The van der Waals surface area contributed by atoms with Gasteiger partial charge in [-0.05, 0) is 19.4 Å². The van der Waals surface area contributed by atoms with Gasteiger partial charge in [-0.2, -0.15) is 0 Å². The molecule has 0 saturated carbocycles. The lowest BCUT2D eigenvalue weighted by atomic mass is 10.2. The van der Waals surface area contributed by atoms with Crippen molar-refractivity contribution in [2.75, 3.05) is 5.43 Å². The van der Waals surface area contributed by atoms with Gasteiger partial charge in [0, 0.05) is 12.2 Å². The standard InChI is InChI=1S/C10H16N4O/c1-3-7(2)13-10(15)8-4-5-12-6-9(8)14-11/h4-7,14H,3,11H2,1-2H3,(H,13,15). The molecule has 0 aliphatic rings. The normalized spacial score (nSPS) is 11.9. The number of nitrogen functional groups attached to an aromatic ring is 1. The number of carbonyl (C=O) groups is 1. The van der Waals surface area contributed by atoms with Crippen molar-refractivity contribution in [1.29, 1.82) is 0 Å². The number of amides is 1. The molecule has 1 heterocycles. The van der Waals surface area contributed by atoms with E-state index in [1.807, 2.05) is 13.8 Å². The number of carbonyl (C=O) groups excluding carboxylic acids is 1. The molecular weight excluding hydrogens is 192 g/mol. The molecule has 15 heavy (non-hydrogen) atoms. The van der Waals surface area contributed by atoms with Crippen LogP contribution < -0.4 is 16.6 Å². The Morgan fingerprint density at radius 3 is 3.00 bits per heavy atom. The van der Waals surface area contributed by atoms with Crippen LogP contribution in [0.25, 0.3) is 0 Å². The largest absolute Gasteiger partial charge is 0.350 e. The van der Waals surface area contributed by atoms with Crippen LogP contribution in [0.15, 0.2) is 18.5 Å². The van der Waals surface area contributed by atoms with Crippen LogP contribution in [0.5, 0.6) is 0 Å². The van der Waals surface area contributed by atoms with Crippen LogP contribution in [0.3, 0.4) is 0 Å². The molecule has 4 N–H and O–H groups in total. The van der Waals surface area contributed by atoms with E-state index >= 15 is 0 Å². The third kappa shape index (κ3) is 2.92. The molecule has 1 aromatic rings. The molecule has 1 amide bonds. The Hall–Kier alpha value is -1.62. The van der Waals surface area contributed by atoms with Gasteiger partial charge in [-0.1, -0.05) is 6.92 Å². The van der Waals surface area contributed by atoms with E-state index in [0.717, 1.165) is 6.42 Å². The molecular formula is C10H16N4O. The predicted octanol–water partition coefficient (Wildman–Crippen LogP) is 0.895. The molecule has 0 aliphatic carbocycles. The van der Waals surface area contributed by atoms with Crippen molar-refractivity contribution in [1.82, 2.24) is 10.3 Å². The summed E-state index contributed by atoms with van der Waals surface area (Å²) in [5, 5.41) is 2.86. The number of anilines is 1. The van der Waals surface area contributed by atoms with Crippen molar-refractivity contribution in [3.63, 3.8) is 0 Å². The van der Waals surface area contributed by atoms with Gasteiger partial charge >= 0.3 is 0 Å². The smallest absolute Gasteiger partial charge is 0.253 e. The summed E-state index contributed by atoms with van der Waals surface area (Å²) in [4.78, 5) is 15.6. The average molecular weight is 208 g/mol. The number of hydrogen-bond donors (Lipinski definition) is 3. The van der Waals surface area contributed by atoms with Crippen LogP contribution in [0.1, 0.15) is 30.6 Å². The van der Waals surface area contributed by atoms with Gasteiger partial charge in [-0.15, -0.1) is 0 Å². The highest BCUT2D eigenvalue weighted by atomic mass is 16.1. The number of nitrogens with two attached hydrogens (primary N) is 1. The summed E-state index contributed by atoms with van der Waals surface area (Å²) >= 11 is 0. The minimum atomic E-state index is -0.139. The zero-order valence-corrected chi connectivity index (χ0v) is 8.95. The van der Waals surface area contributed by atoms with Crippen LogP contribution in [0, 0.1) is 0 Å². The number of nitrogens with zero attached hydrogens (tertiary/aromatic N) is 1. The van der Waals surface area contributed by atoms with Gasteiger partial charge in [0.05, 0.1) is 17.4 Å². The second-order valence-electron chi connectivity index (χ2n) is 3.35. The van der Waals surface area contributed by atoms with Gasteiger partial charge in [0.2, 0.25) is 0 Å². The quantitative estimate of drug-likeness (QED) is 0.507. The number of pyridine rings is 1. The molecule has 1 unspecified atom stereocenters. The lowest BCUT2D eigenvalue weighted by molar-refractivity contribution is 0.0940. The van der Waals surface area contributed by atoms with E-state index in [1.165, 1.54) is 6.20 Å². The van der Waals surface area contributed by atoms with Gasteiger partial charge in [-0.25, -0.2) is 0 Å². The Bertz CT molecular complexity index is 340. The zero-order chi connectivity index (χ0) is 11.3. The molecule has 1 rings (SSSR count). The van der Waals surface area contributed by atoms with Crippen molar-refractivity contribution < 1.29 is 4.79 Å². The maximum absolute atomic E-state index is 11.8. The molecule has 0 spiro atoms. The molecule has 0 aromatic carbocycles. The first kappa shape index (κ1) is 11.5. The van der Waals surface area contributed by atoms with Gasteiger partial charge in [0.15, 0.2) is 0 Å². The van der Waals surface area contributed by atoms with Gasteiger partial charge in [0.25, 0.3) is 5.91 Å². The Labute approximate surface area is 89.0 Å². The number of hydrogen-bond acceptors (Lipinski definition) is 4. The maximum Gasteiger partial charge on any atom is 0.253 e. The fourth-order valence-electron chi connectivity index (χ4n) is 1.11. The van der Waals surface area contributed by atoms with E-state index < -0.39 is 0 Å². The van der Waals surface area contributed by atoms with Gasteiger partial charge in [0.1, 0.15) is 0 Å². The fourth-order valence-corrected chi connectivity index (χ4v) is 1.11. The van der Waals surface area contributed by atoms with Crippen LogP contribution in [-0.2, 0) is 0 Å². The SMILES string of the molecule is CCC(C)NC(=O)c1ccncc1NN. The van der Waals surface area contributed by atoms with Crippen LogP contribution >= 0.6 is 0 Å². The van der Waals surface area contributed by atoms with E-state index in [-0.39, 0.29) is 11.9 Å². The lowest BCUT2D eigenvalue weighted by Crippen LogP contribution is -2.32. The van der Waals surface area contributed by atoms with Gasteiger partial charge in [-0.3, -0.25) is 15.6 Å². The highest BCUT2D eigenvalue weighted by Gasteiger charge is 2.12. The lowest BCUT2D eigenvalue weighted by Gasteiger charge is -2.13. The van der Waals surface area contributed by atoms with Crippen molar-refractivity contribution in [3.8, 4) is 0 Å². The highest BCUT2D eigenvalue weighted by molar-refractivity contribution is 5.99. The molecule has 0 saturated heterocycles. The zero-order valence-electron chi connectivity index (χ0n) is 8.95. The summed E-state index contributed by atoms with van der Waals surface area (Å²) in [7, 11) is 0. The number of nitrogens with one attached hydrogen (secondary N) is 2. The summed E-state index contributed by atoms with van der Waals surface area (Å²) < 4.78 is 0. The summed E-state index contributed by atoms with van der Waals surface area (Å²) in [6.45, 7) is 3.97. The van der Waals surface area contributed by atoms with Crippen molar-refractivity contribution in [2.24, 2.45) is 5.84 Å². The first-order valence-electron chi connectivity index (χ1n) is 4.90. The minimum absolute atomic E-state index is 0.139. The molecule has 1 atom stereocenters. The van der Waals surface area contributed by atoms with Crippen molar-refractivity contribution in [3.05, 3.63) is 24.0 Å². The third-order valence-corrected chi connectivity index (χ3v) is 2.21. The van der Waals surface area contributed by atoms with Crippen LogP contribution in [0.2, 0.25) is 0 Å². The Morgan fingerprint density at radius 2 is 2.40 bits per heavy atom. The topological polar surface area (TPSA) is 80.0 Å². The minimum Gasteiger partial charge on any atom is -0.350 e. The number of aromatic nitrogens is 1. The van der Waals surface area contributed by atoms with Crippen molar-refractivity contribution >= 4 is 11.6 Å². The van der Waals surface area contributed by atoms with E-state index in [0.29, 0.717) is 11.3 Å². The summed E-state index contributed by atoms with van der Waals surface area (Å²) in [6, 6.07) is 1.78. The molecule has 0 aliphatic heterocycles. The van der Waals surface area contributed by atoms with Crippen molar-refractivity contribution in [2.45, 2.75) is 26.3 Å². The Morgan fingerprint density at radius 1 is 1.67 bits per heavy atom. The Balaban J connectivity index is 2.81. The van der Waals surface area contributed by atoms with E-state index in [9.17, 15) is 4.79 Å². The van der Waals surface area contributed by atoms with E-state index in [4.69, 9.17) is 5.84 Å².